The Hall–Kier alpha value is -2.47. The van der Waals surface area contributed by atoms with Gasteiger partial charge in [-0.25, -0.2) is 0 Å². The van der Waals surface area contributed by atoms with Gasteiger partial charge in [0.15, 0.2) is 0 Å². The lowest BCUT2D eigenvalue weighted by atomic mass is 10.0. The van der Waals surface area contributed by atoms with E-state index in [4.69, 9.17) is 0 Å². The van der Waals surface area contributed by atoms with E-state index < -0.39 is 6.61 Å². The Labute approximate surface area is 139 Å². The zero-order valence-corrected chi connectivity index (χ0v) is 13.5. The minimum absolute atomic E-state index is 0.0900. The molecule has 0 atom stereocenters. The van der Waals surface area contributed by atoms with Crippen molar-refractivity contribution in [3.63, 3.8) is 0 Å². The predicted molar refractivity (Wildman–Crippen MR) is 86.1 cm³/mol. The van der Waals surface area contributed by atoms with Crippen molar-refractivity contribution in [3.05, 3.63) is 64.2 Å². The van der Waals surface area contributed by atoms with Crippen LogP contribution in [0.3, 0.4) is 0 Å². The molecule has 2 rings (SSSR count). The van der Waals surface area contributed by atoms with Gasteiger partial charge in [-0.3, -0.25) is 4.79 Å². The summed E-state index contributed by atoms with van der Waals surface area (Å²) in [6, 6.07) is 10.3. The summed E-state index contributed by atoms with van der Waals surface area (Å²) in [4.78, 5) is 12.3. The van der Waals surface area contributed by atoms with Crippen LogP contribution in [0.4, 0.5) is 8.78 Å². The number of aliphatic hydroxyl groups excluding tert-OH is 1. The van der Waals surface area contributed by atoms with Crippen molar-refractivity contribution in [2.75, 3.05) is 0 Å². The van der Waals surface area contributed by atoms with Crippen LogP contribution in [-0.4, -0.2) is 17.6 Å². The van der Waals surface area contributed by atoms with Crippen LogP contribution in [0.5, 0.6) is 5.75 Å². The van der Waals surface area contributed by atoms with Crippen LogP contribution < -0.4 is 10.1 Å². The Morgan fingerprint density at radius 2 is 1.75 bits per heavy atom. The van der Waals surface area contributed by atoms with Crippen molar-refractivity contribution in [2.24, 2.45) is 0 Å². The van der Waals surface area contributed by atoms with E-state index in [2.05, 4.69) is 10.1 Å². The molecule has 0 spiro atoms. The fourth-order valence-corrected chi connectivity index (χ4v) is 2.52. The number of nitrogens with one attached hydrogen (secondary N) is 1. The number of aryl methyl sites for hydroxylation is 2. The molecule has 128 valence electrons. The maximum absolute atomic E-state index is 12.4. The second kappa shape index (κ2) is 7.88. The van der Waals surface area contributed by atoms with Crippen LogP contribution in [-0.2, 0) is 13.2 Å². The molecule has 0 heterocycles. The third kappa shape index (κ3) is 4.29. The molecule has 0 aromatic heterocycles. The van der Waals surface area contributed by atoms with Crippen molar-refractivity contribution in [1.29, 1.82) is 0 Å². The molecule has 0 aliphatic rings. The van der Waals surface area contributed by atoms with E-state index in [0.29, 0.717) is 16.7 Å². The van der Waals surface area contributed by atoms with Gasteiger partial charge in [-0.05, 0) is 48.2 Å². The van der Waals surface area contributed by atoms with Crippen molar-refractivity contribution in [3.8, 4) is 5.75 Å². The van der Waals surface area contributed by atoms with Crippen LogP contribution in [0.2, 0.25) is 0 Å². The first-order valence-corrected chi connectivity index (χ1v) is 7.44. The highest BCUT2D eigenvalue weighted by Crippen LogP contribution is 2.26. The fourth-order valence-electron chi connectivity index (χ4n) is 2.52. The van der Waals surface area contributed by atoms with Gasteiger partial charge in [0.2, 0.25) is 0 Å². The molecule has 0 aliphatic heterocycles. The van der Waals surface area contributed by atoms with Gasteiger partial charge in [0.1, 0.15) is 5.75 Å². The number of carbonyl (C=O) groups excluding carboxylic acids is 1. The summed E-state index contributed by atoms with van der Waals surface area (Å²) < 4.78 is 29.3. The molecule has 2 aromatic carbocycles. The summed E-state index contributed by atoms with van der Waals surface area (Å²) in [5.74, 6) is -0.232. The molecule has 4 nitrogen and oxygen atoms in total. The molecule has 0 aliphatic carbocycles. The molecule has 2 aromatic rings. The van der Waals surface area contributed by atoms with Gasteiger partial charge in [-0.2, -0.15) is 8.78 Å². The van der Waals surface area contributed by atoms with Gasteiger partial charge < -0.3 is 15.2 Å². The number of ether oxygens (including phenoxy) is 1. The minimum atomic E-state index is -2.91. The van der Waals surface area contributed by atoms with E-state index in [1.54, 1.807) is 19.9 Å². The maximum Gasteiger partial charge on any atom is 0.387 e. The minimum Gasteiger partial charge on any atom is -0.434 e. The zero-order chi connectivity index (χ0) is 17.7. The van der Waals surface area contributed by atoms with E-state index in [1.807, 2.05) is 18.2 Å². The van der Waals surface area contributed by atoms with Crippen LogP contribution in [0.25, 0.3) is 0 Å². The van der Waals surface area contributed by atoms with Gasteiger partial charge in [-0.1, -0.05) is 24.3 Å². The Morgan fingerprint density at radius 3 is 2.29 bits per heavy atom. The van der Waals surface area contributed by atoms with Crippen LogP contribution in [0.1, 0.15) is 32.6 Å². The van der Waals surface area contributed by atoms with Crippen molar-refractivity contribution in [1.82, 2.24) is 5.32 Å². The summed E-state index contributed by atoms with van der Waals surface area (Å²) >= 11 is 0. The number of alkyl halides is 2. The molecular formula is C18H19F2NO3. The summed E-state index contributed by atoms with van der Waals surface area (Å²) in [5.41, 5.74) is 2.87. The quantitative estimate of drug-likeness (QED) is 0.851. The predicted octanol–water partition coefficient (Wildman–Crippen LogP) is 3.33. The van der Waals surface area contributed by atoms with E-state index in [1.165, 1.54) is 12.1 Å². The molecule has 2 N–H and O–H groups in total. The number of halogens is 2. The largest absolute Gasteiger partial charge is 0.434 e. The number of aliphatic hydroxyl groups is 1. The Balaban J connectivity index is 2.13. The molecule has 0 unspecified atom stereocenters. The number of carbonyl (C=O) groups is 1. The first-order chi connectivity index (χ1) is 11.4. The zero-order valence-electron chi connectivity index (χ0n) is 13.5. The molecule has 0 radical (unpaired) electrons. The number of hydrogen-bond acceptors (Lipinski definition) is 3. The molecule has 0 fully saturated rings. The highest BCUT2D eigenvalue weighted by atomic mass is 19.3. The third-order valence-electron chi connectivity index (χ3n) is 3.66. The monoisotopic (exact) mass is 335 g/mol. The van der Waals surface area contributed by atoms with Crippen LogP contribution >= 0.6 is 0 Å². The molecule has 0 saturated heterocycles. The van der Waals surface area contributed by atoms with E-state index in [9.17, 15) is 18.7 Å². The lowest BCUT2D eigenvalue weighted by Gasteiger charge is -2.14. The smallest absolute Gasteiger partial charge is 0.387 e. The van der Waals surface area contributed by atoms with Crippen molar-refractivity contribution >= 4 is 5.91 Å². The molecule has 0 saturated carbocycles. The molecule has 1 amide bonds. The molecule has 24 heavy (non-hydrogen) atoms. The summed E-state index contributed by atoms with van der Waals surface area (Å²) in [5, 5.41) is 12.1. The SMILES string of the molecule is Cc1cc(C(=O)NCc2ccccc2CO)cc(C)c1OC(F)F. The standard InChI is InChI=1S/C18H19F2NO3/c1-11-7-15(8-12(2)16(11)24-18(19)20)17(23)21-9-13-5-3-4-6-14(13)10-22/h3-8,18,22H,9-10H2,1-2H3,(H,21,23). The average molecular weight is 335 g/mol. The molecule has 0 bridgehead atoms. The summed E-state index contributed by atoms with van der Waals surface area (Å²) in [6.45, 7) is 0.481. The first-order valence-electron chi connectivity index (χ1n) is 7.44. The van der Waals surface area contributed by atoms with Gasteiger partial charge >= 0.3 is 6.61 Å². The van der Waals surface area contributed by atoms with Gasteiger partial charge in [0, 0.05) is 12.1 Å². The lowest BCUT2D eigenvalue weighted by Crippen LogP contribution is -2.23. The Kier molecular flexibility index (Phi) is 5.87. The highest BCUT2D eigenvalue weighted by Gasteiger charge is 2.15. The van der Waals surface area contributed by atoms with Gasteiger partial charge in [0.05, 0.1) is 6.61 Å². The van der Waals surface area contributed by atoms with Crippen molar-refractivity contribution in [2.45, 2.75) is 33.6 Å². The molecule has 6 heteroatoms. The fraction of sp³-hybridized carbons (Fsp3) is 0.278. The topological polar surface area (TPSA) is 58.6 Å². The summed E-state index contributed by atoms with van der Waals surface area (Å²) in [6.07, 6.45) is 0. The number of rotatable bonds is 6. The van der Waals surface area contributed by atoms with Gasteiger partial charge in [0.25, 0.3) is 5.91 Å². The highest BCUT2D eigenvalue weighted by molar-refractivity contribution is 5.94. The first kappa shape index (κ1) is 17.9. The van der Waals surface area contributed by atoms with Crippen LogP contribution in [0, 0.1) is 13.8 Å². The Bertz CT molecular complexity index is 709. The second-order valence-electron chi connectivity index (χ2n) is 5.43. The van der Waals surface area contributed by atoms with Crippen molar-refractivity contribution < 1.29 is 23.4 Å². The van der Waals surface area contributed by atoms with Crippen LogP contribution in [0.15, 0.2) is 36.4 Å². The Morgan fingerprint density at radius 1 is 1.17 bits per heavy atom. The number of benzene rings is 2. The van der Waals surface area contributed by atoms with E-state index >= 15 is 0 Å². The second-order valence-corrected chi connectivity index (χ2v) is 5.43. The van der Waals surface area contributed by atoms with E-state index in [-0.39, 0.29) is 24.8 Å². The van der Waals surface area contributed by atoms with E-state index in [0.717, 1.165) is 11.1 Å². The third-order valence-corrected chi connectivity index (χ3v) is 3.66. The lowest BCUT2D eigenvalue weighted by molar-refractivity contribution is -0.0507. The molecular weight excluding hydrogens is 316 g/mol. The maximum atomic E-state index is 12.4. The number of amides is 1. The summed E-state index contributed by atoms with van der Waals surface area (Å²) in [7, 11) is 0. The normalized spacial score (nSPS) is 10.8. The number of hydrogen-bond donors (Lipinski definition) is 2. The van der Waals surface area contributed by atoms with Gasteiger partial charge in [-0.15, -0.1) is 0 Å². The average Bonchev–Trinajstić information content (AvgIpc) is 2.55.